The van der Waals surface area contributed by atoms with Crippen LogP contribution in [0.15, 0.2) is 82.4 Å². The van der Waals surface area contributed by atoms with E-state index in [0.29, 0.717) is 22.5 Å². The standard InChI is InChI=1S/C22H19N3O4S/c1-15-9-10-18(30(27,28)24-14-17-7-4-12-29-17)13-19(15)22(26)25-20-8-2-5-16-6-3-11-23-21(16)20/h2-13,24H,14H2,1H3,(H,25,26). The first-order chi connectivity index (χ1) is 14.4. The Balaban J connectivity index is 1.60. The van der Waals surface area contributed by atoms with Crippen molar-refractivity contribution in [2.24, 2.45) is 0 Å². The number of aryl methyl sites for hydroxylation is 1. The first-order valence-corrected chi connectivity index (χ1v) is 10.7. The van der Waals surface area contributed by atoms with Crippen LogP contribution in [0.25, 0.3) is 10.9 Å². The van der Waals surface area contributed by atoms with Crippen LogP contribution < -0.4 is 10.0 Å². The molecule has 0 aliphatic carbocycles. The molecule has 4 rings (SSSR count). The van der Waals surface area contributed by atoms with Gasteiger partial charge in [0.25, 0.3) is 5.91 Å². The van der Waals surface area contributed by atoms with Crippen molar-refractivity contribution in [1.82, 2.24) is 9.71 Å². The summed E-state index contributed by atoms with van der Waals surface area (Å²) in [6, 6.07) is 17.0. The highest BCUT2D eigenvalue weighted by Gasteiger charge is 2.19. The number of nitrogens with zero attached hydrogens (tertiary/aromatic N) is 1. The Kier molecular flexibility index (Phi) is 5.35. The zero-order valence-corrected chi connectivity index (χ0v) is 16.9. The predicted molar refractivity (Wildman–Crippen MR) is 114 cm³/mol. The number of para-hydroxylation sites is 1. The van der Waals surface area contributed by atoms with Crippen LogP contribution in [0, 0.1) is 6.92 Å². The second-order valence-electron chi connectivity index (χ2n) is 6.72. The summed E-state index contributed by atoms with van der Waals surface area (Å²) in [5.74, 6) is 0.0841. The predicted octanol–water partition coefficient (Wildman–Crippen LogP) is 3.87. The largest absolute Gasteiger partial charge is 0.468 e. The number of benzene rings is 2. The Bertz CT molecular complexity index is 1310. The number of carbonyl (C=O) groups is 1. The molecular formula is C22H19N3O4S. The molecule has 2 aromatic carbocycles. The zero-order chi connectivity index (χ0) is 21.1. The minimum atomic E-state index is -3.82. The molecule has 1 amide bonds. The molecule has 0 aliphatic heterocycles. The highest BCUT2D eigenvalue weighted by Crippen LogP contribution is 2.23. The van der Waals surface area contributed by atoms with Gasteiger partial charge in [-0.3, -0.25) is 9.78 Å². The van der Waals surface area contributed by atoms with Gasteiger partial charge in [-0.2, -0.15) is 0 Å². The number of hydrogen-bond acceptors (Lipinski definition) is 5. The monoisotopic (exact) mass is 421 g/mol. The van der Waals surface area contributed by atoms with E-state index in [0.717, 1.165) is 5.39 Å². The molecule has 2 aromatic heterocycles. The minimum absolute atomic E-state index is 0.000788. The number of aromatic nitrogens is 1. The van der Waals surface area contributed by atoms with Gasteiger partial charge in [0.2, 0.25) is 10.0 Å². The summed E-state index contributed by atoms with van der Waals surface area (Å²) in [6.07, 6.45) is 3.13. The van der Waals surface area contributed by atoms with Crippen LogP contribution >= 0.6 is 0 Å². The summed E-state index contributed by atoms with van der Waals surface area (Å²) in [5.41, 5.74) is 2.14. The quantitative estimate of drug-likeness (QED) is 0.492. The molecule has 0 saturated heterocycles. The summed E-state index contributed by atoms with van der Waals surface area (Å²) in [5, 5.41) is 3.74. The number of nitrogens with one attached hydrogen (secondary N) is 2. The average Bonchev–Trinajstić information content (AvgIpc) is 3.26. The third-order valence-corrected chi connectivity index (χ3v) is 6.06. The van der Waals surface area contributed by atoms with Crippen molar-refractivity contribution in [1.29, 1.82) is 0 Å². The van der Waals surface area contributed by atoms with Crippen molar-refractivity contribution in [2.45, 2.75) is 18.4 Å². The molecule has 0 aliphatic rings. The number of rotatable bonds is 6. The summed E-state index contributed by atoms with van der Waals surface area (Å²) < 4.78 is 32.9. The fourth-order valence-electron chi connectivity index (χ4n) is 3.07. The molecule has 0 atom stereocenters. The maximum Gasteiger partial charge on any atom is 0.256 e. The molecule has 8 heteroatoms. The van der Waals surface area contributed by atoms with E-state index in [1.165, 1.54) is 18.4 Å². The van der Waals surface area contributed by atoms with Gasteiger partial charge in [0.15, 0.2) is 0 Å². The third kappa shape index (κ3) is 4.10. The highest BCUT2D eigenvalue weighted by atomic mass is 32.2. The smallest absolute Gasteiger partial charge is 0.256 e. The zero-order valence-electron chi connectivity index (χ0n) is 16.1. The number of hydrogen-bond donors (Lipinski definition) is 2. The van der Waals surface area contributed by atoms with E-state index in [1.54, 1.807) is 37.4 Å². The lowest BCUT2D eigenvalue weighted by Crippen LogP contribution is -2.24. The van der Waals surface area contributed by atoms with Crippen LogP contribution in [-0.2, 0) is 16.6 Å². The van der Waals surface area contributed by atoms with E-state index in [1.807, 2.05) is 24.3 Å². The summed E-state index contributed by atoms with van der Waals surface area (Å²) >= 11 is 0. The van der Waals surface area contributed by atoms with Gasteiger partial charge in [-0.1, -0.05) is 24.3 Å². The fraction of sp³-hybridized carbons (Fsp3) is 0.0909. The lowest BCUT2D eigenvalue weighted by Gasteiger charge is -2.12. The maximum atomic E-state index is 12.9. The molecular weight excluding hydrogens is 402 g/mol. The Hall–Kier alpha value is -3.49. The lowest BCUT2D eigenvalue weighted by atomic mass is 10.1. The molecule has 7 nitrogen and oxygen atoms in total. The van der Waals surface area contributed by atoms with Gasteiger partial charge in [-0.15, -0.1) is 0 Å². The summed E-state index contributed by atoms with van der Waals surface area (Å²) in [4.78, 5) is 17.3. The molecule has 0 spiro atoms. The molecule has 0 fully saturated rings. The van der Waals surface area contributed by atoms with Crippen LogP contribution in [-0.4, -0.2) is 19.3 Å². The van der Waals surface area contributed by atoms with E-state index < -0.39 is 15.9 Å². The Morgan fingerprint density at radius 3 is 2.70 bits per heavy atom. The topological polar surface area (TPSA) is 101 Å². The van der Waals surface area contributed by atoms with Crippen LogP contribution in [0.2, 0.25) is 0 Å². The van der Waals surface area contributed by atoms with E-state index in [9.17, 15) is 13.2 Å². The van der Waals surface area contributed by atoms with Gasteiger partial charge in [-0.05, 0) is 48.9 Å². The normalized spacial score (nSPS) is 11.5. The van der Waals surface area contributed by atoms with Crippen molar-refractivity contribution in [2.75, 3.05) is 5.32 Å². The van der Waals surface area contributed by atoms with Gasteiger partial charge in [-0.25, -0.2) is 13.1 Å². The van der Waals surface area contributed by atoms with Gasteiger partial charge < -0.3 is 9.73 Å². The number of carbonyl (C=O) groups excluding carboxylic acids is 1. The van der Waals surface area contributed by atoms with Crippen molar-refractivity contribution in [3.05, 3.63) is 90.0 Å². The molecule has 0 unspecified atom stereocenters. The number of sulfonamides is 1. The number of pyridine rings is 1. The van der Waals surface area contributed by atoms with Gasteiger partial charge in [0.05, 0.1) is 28.9 Å². The number of fused-ring (bicyclic) bond motifs is 1. The van der Waals surface area contributed by atoms with Gasteiger partial charge >= 0.3 is 0 Å². The summed E-state index contributed by atoms with van der Waals surface area (Å²) in [6.45, 7) is 1.77. The molecule has 4 aromatic rings. The van der Waals surface area contributed by atoms with Crippen molar-refractivity contribution in [3.8, 4) is 0 Å². The van der Waals surface area contributed by atoms with Crippen molar-refractivity contribution in [3.63, 3.8) is 0 Å². The van der Waals surface area contributed by atoms with E-state index in [2.05, 4.69) is 15.0 Å². The molecule has 152 valence electrons. The molecule has 0 radical (unpaired) electrons. The van der Waals surface area contributed by atoms with Crippen LogP contribution in [0.5, 0.6) is 0 Å². The second-order valence-corrected chi connectivity index (χ2v) is 8.48. The first-order valence-electron chi connectivity index (χ1n) is 9.22. The minimum Gasteiger partial charge on any atom is -0.468 e. The Morgan fingerprint density at radius 2 is 1.90 bits per heavy atom. The van der Waals surface area contributed by atoms with Crippen LogP contribution in [0.1, 0.15) is 21.7 Å². The maximum absolute atomic E-state index is 12.9. The fourth-order valence-corrected chi connectivity index (χ4v) is 4.09. The van der Waals surface area contributed by atoms with E-state index in [4.69, 9.17) is 4.42 Å². The highest BCUT2D eigenvalue weighted by molar-refractivity contribution is 7.89. The summed E-state index contributed by atoms with van der Waals surface area (Å²) in [7, 11) is -3.82. The van der Waals surface area contributed by atoms with Crippen molar-refractivity contribution >= 4 is 32.5 Å². The first kappa shape index (κ1) is 19.8. The van der Waals surface area contributed by atoms with E-state index in [-0.39, 0.29) is 17.0 Å². The SMILES string of the molecule is Cc1ccc(S(=O)(=O)NCc2ccco2)cc1C(=O)Nc1cccc2cccnc12. The number of amides is 1. The third-order valence-electron chi connectivity index (χ3n) is 4.66. The second kappa shape index (κ2) is 8.10. The number of anilines is 1. The molecule has 0 saturated carbocycles. The average molecular weight is 421 g/mol. The van der Waals surface area contributed by atoms with Gasteiger partial charge in [0.1, 0.15) is 5.76 Å². The molecule has 2 heterocycles. The number of furan rings is 1. The lowest BCUT2D eigenvalue weighted by molar-refractivity contribution is 0.102. The van der Waals surface area contributed by atoms with Crippen LogP contribution in [0.4, 0.5) is 5.69 Å². The molecule has 30 heavy (non-hydrogen) atoms. The van der Waals surface area contributed by atoms with Gasteiger partial charge in [0, 0.05) is 17.1 Å². The van der Waals surface area contributed by atoms with Crippen LogP contribution in [0.3, 0.4) is 0 Å². The Morgan fingerprint density at radius 1 is 1.07 bits per heavy atom. The Labute approximate surface area is 173 Å². The molecule has 2 N–H and O–H groups in total. The van der Waals surface area contributed by atoms with E-state index >= 15 is 0 Å². The molecule has 0 bridgehead atoms. The van der Waals surface area contributed by atoms with Crippen molar-refractivity contribution < 1.29 is 17.6 Å².